The number of carboxylic acids is 2. The van der Waals surface area contributed by atoms with E-state index in [2.05, 4.69) is 5.32 Å². The van der Waals surface area contributed by atoms with E-state index in [0.717, 1.165) is 13.1 Å². The maximum Gasteiger partial charge on any atom is 0.490 e. The van der Waals surface area contributed by atoms with Crippen molar-refractivity contribution in [1.82, 2.24) is 10.2 Å². The predicted octanol–water partition coefficient (Wildman–Crippen LogP) is 0.788. The third-order valence-corrected chi connectivity index (χ3v) is 1.60. The van der Waals surface area contributed by atoms with Gasteiger partial charge in [0.05, 0.1) is 0 Å². The van der Waals surface area contributed by atoms with Gasteiger partial charge in [-0.1, -0.05) is 0 Å². The van der Waals surface area contributed by atoms with E-state index in [1.165, 1.54) is 4.90 Å². The van der Waals surface area contributed by atoms with Gasteiger partial charge in [-0.05, 0) is 6.98 Å². The van der Waals surface area contributed by atoms with Crippen LogP contribution in [-0.2, 0) is 9.59 Å². The highest BCUT2D eigenvalue weighted by Gasteiger charge is 2.38. The topological polar surface area (TPSA) is 89.9 Å². The minimum atomic E-state index is -5.08. The fourth-order valence-electron chi connectivity index (χ4n) is 0.665. The summed E-state index contributed by atoms with van der Waals surface area (Å²) in [6.07, 6.45) is -10.2. The third kappa shape index (κ3) is 14.7. The second-order valence-electron chi connectivity index (χ2n) is 3.34. The van der Waals surface area contributed by atoms with Gasteiger partial charge in [0.1, 0.15) is 0 Å². The molecule has 1 rings (SSSR count). The third-order valence-electron chi connectivity index (χ3n) is 1.60. The first-order valence-electron chi connectivity index (χ1n) is 6.55. The summed E-state index contributed by atoms with van der Waals surface area (Å²) >= 11 is 0. The number of hydrogen-bond donors (Lipinski definition) is 3. The Hall–Kier alpha value is -1.56. The number of alkyl halides is 6. The molecule has 126 valence electrons. The largest absolute Gasteiger partial charge is 0.490 e. The number of hydrogen-bond acceptors (Lipinski definition) is 4. The Labute approximate surface area is 119 Å². The van der Waals surface area contributed by atoms with Crippen molar-refractivity contribution in [3.8, 4) is 0 Å². The van der Waals surface area contributed by atoms with Crippen molar-refractivity contribution >= 4 is 11.9 Å². The quantitative estimate of drug-likeness (QED) is 0.569. The van der Waals surface area contributed by atoms with Crippen molar-refractivity contribution in [2.45, 2.75) is 12.4 Å². The zero-order valence-electron chi connectivity index (χ0n) is 13.3. The van der Waals surface area contributed by atoms with Crippen LogP contribution in [0.1, 0.15) is 4.11 Å². The molecule has 1 fully saturated rings. The Bertz CT molecular complexity index is 384. The fourth-order valence-corrected chi connectivity index (χ4v) is 0.665. The molecule has 1 heterocycles. The Morgan fingerprint density at radius 2 is 1.29 bits per heavy atom. The number of carbonyl (C=O) groups is 2. The summed E-state index contributed by atoms with van der Waals surface area (Å²) < 4.78 is 84.6. The summed E-state index contributed by atoms with van der Waals surface area (Å²) in [5, 5.41) is 17.3. The van der Waals surface area contributed by atoms with Gasteiger partial charge in [0, 0.05) is 30.3 Å². The molecule has 0 atom stereocenters. The molecule has 0 aromatic rings. The van der Waals surface area contributed by atoms with Gasteiger partial charge in [0.15, 0.2) is 0 Å². The minimum Gasteiger partial charge on any atom is -0.475 e. The molecule has 3 N–H and O–H groups in total. The fraction of sp³-hybridized carbons (Fsp3) is 0.778. The minimum absolute atomic E-state index is 0.635. The van der Waals surface area contributed by atoms with Crippen molar-refractivity contribution < 1.29 is 50.3 Å². The van der Waals surface area contributed by atoms with Crippen LogP contribution >= 0.6 is 0 Å². The number of likely N-dealkylation sites (N-methyl/N-ethyl adjacent to an activating group) is 1. The molecule has 0 aliphatic carbocycles. The molecule has 0 radical (unpaired) electrons. The summed E-state index contributed by atoms with van der Waals surface area (Å²) in [6.45, 7) is 0.964. The second kappa shape index (κ2) is 9.39. The van der Waals surface area contributed by atoms with E-state index in [1.807, 2.05) is 0 Å². The Morgan fingerprint density at radius 3 is 1.43 bits per heavy atom. The maximum absolute atomic E-state index is 10.6. The van der Waals surface area contributed by atoms with Gasteiger partial charge in [0.25, 0.3) is 0 Å². The number of halogens is 6. The van der Waals surface area contributed by atoms with E-state index in [0.29, 0.717) is 13.1 Å². The summed E-state index contributed by atoms with van der Waals surface area (Å²) in [5.41, 5.74) is 0. The maximum atomic E-state index is 10.6. The first-order chi connectivity index (χ1) is 10.5. The second-order valence-corrected chi connectivity index (χ2v) is 3.34. The van der Waals surface area contributed by atoms with E-state index < -0.39 is 31.3 Å². The average molecular weight is 331 g/mol. The number of aliphatic carboxylic acids is 2. The molecule has 0 unspecified atom stereocenters. The highest BCUT2D eigenvalue weighted by atomic mass is 19.4. The van der Waals surface area contributed by atoms with Crippen molar-refractivity contribution in [2.24, 2.45) is 0 Å². The molecule has 0 aromatic carbocycles. The molecular formula is C9H14F6N2O4. The Kier molecular flexibility index (Phi) is 7.07. The summed E-state index contributed by atoms with van der Waals surface area (Å²) in [5.74, 6) is -5.51. The summed E-state index contributed by atoms with van der Waals surface area (Å²) in [6, 6.07) is 0. The normalized spacial score (nSPS) is 18.7. The molecule has 21 heavy (non-hydrogen) atoms. The van der Waals surface area contributed by atoms with Crippen LogP contribution in [0.25, 0.3) is 0 Å². The monoisotopic (exact) mass is 331 g/mol. The smallest absolute Gasteiger partial charge is 0.475 e. The first kappa shape index (κ1) is 15.8. The van der Waals surface area contributed by atoms with Crippen LogP contribution in [0.5, 0.6) is 0 Å². The molecule has 0 spiro atoms. The highest BCUT2D eigenvalue weighted by molar-refractivity contribution is 5.73. The molecule has 1 aliphatic heterocycles. The van der Waals surface area contributed by atoms with Gasteiger partial charge in [-0.15, -0.1) is 0 Å². The number of nitrogens with zero attached hydrogens (tertiary/aromatic N) is 1. The van der Waals surface area contributed by atoms with Crippen LogP contribution < -0.4 is 5.32 Å². The lowest BCUT2D eigenvalue weighted by atomic mass is 10.4. The predicted molar refractivity (Wildman–Crippen MR) is 57.7 cm³/mol. The van der Waals surface area contributed by atoms with Gasteiger partial charge >= 0.3 is 24.3 Å². The zero-order valence-corrected chi connectivity index (χ0v) is 10.3. The Balaban J connectivity index is 0. The molecule has 0 saturated carbocycles. The van der Waals surface area contributed by atoms with Crippen LogP contribution in [0.3, 0.4) is 0 Å². The number of nitrogens with one attached hydrogen (secondary N) is 1. The Morgan fingerprint density at radius 1 is 1.00 bits per heavy atom. The zero-order chi connectivity index (χ0) is 19.8. The van der Waals surface area contributed by atoms with Crippen LogP contribution in [-0.4, -0.2) is 72.6 Å². The molecule has 1 aliphatic rings. The van der Waals surface area contributed by atoms with Crippen LogP contribution in [0, 0.1) is 0 Å². The standard InChI is InChI=1S/C5H12N2.2C2HF3O2/c1-7-4-2-6-3-5-7;2*3-2(4,5)1(6)7/h6H,2-5H2,1H3;2*(H,6,7)/i1D3;;. The van der Waals surface area contributed by atoms with Crippen LogP contribution in [0.2, 0.25) is 0 Å². The molecule has 0 amide bonds. The molecule has 12 heteroatoms. The van der Waals surface area contributed by atoms with Crippen molar-refractivity contribution in [2.75, 3.05) is 33.2 Å². The van der Waals surface area contributed by atoms with E-state index in [1.54, 1.807) is 0 Å². The average Bonchev–Trinajstić information content (AvgIpc) is 2.38. The lowest BCUT2D eigenvalue weighted by Crippen LogP contribution is -2.40. The van der Waals surface area contributed by atoms with E-state index >= 15 is 0 Å². The van der Waals surface area contributed by atoms with Crippen molar-refractivity contribution in [1.29, 1.82) is 0 Å². The molecular weight excluding hydrogens is 314 g/mol. The van der Waals surface area contributed by atoms with Crippen molar-refractivity contribution in [3.05, 3.63) is 0 Å². The van der Waals surface area contributed by atoms with Crippen LogP contribution in [0.4, 0.5) is 26.3 Å². The molecule has 6 nitrogen and oxygen atoms in total. The summed E-state index contributed by atoms with van der Waals surface area (Å²) in [4.78, 5) is 19.3. The van der Waals surface area contributed by atoms with Gasteiger partial charge in [-0.3, -0.25) is 0 Å². The highest BCUT2D eigenvalue weighted by Crippen LogP contribution is 2.13. The molecule has 0 aromatic heterocycles. The van der Waals surface area contributed by atoms with Gasteiger partial charge in [0.2, 0.25) is 0 Å². The first-order valence-corrected chi connectivity index (χ1v) is 5.05. The van der Waals surface area contributed by atoms with E-state index in [9.17, 15) is 26.3 Å². The lowest BCUT2D eigenvalue weighted by Gasteiger charge is -2.21. The van der Waals surface area contributed by atoms with Gasteiger partial charge in [-0.2, -0.15) is 26.3 Å². The summed E-state index contributed by atoms with van der Waals surface area (Å²) in [7, 11) is 0. The number of piperazine rings is 1. The van der Waals surface area contributed by atoms with Crippen LogP contribution in [0.15, 0.2) is 0 Å². The number of rotatable bonds is 0. The van der Waals surface area contributed by atoms with E-state index in [4.69, 9.17) is 23.9 Å². The van der Waals surface area contributed by atoms with Crippen molar-refractivity contribution in [3.63, 3.8) is 0 Å². The number of carboxylic acid groups (broad SMARTS) is 2. The van der Waals surface area contributed by atoms with Gasteiger partial charge in [-0.25, -0.2) is 9.59 Å². The molecule has 1 saturated heterocycles. The van der Waals surface area contributed by atoms with Gasteiger partial charge < -0.3 is 20.4 Å². The SMILES string of the molecule is O=C(O)C(F)(F)F.O=C(O)C(F)(F)F.[2H]C([2H])([2H])N1CCNCC1. The lowest BCUT2D eigenvalue weighted by molar-refractivity contribution is -0.193. The van der Waals surface area contributed by atoms with E-state index in [-0.39, 0.29) is 0 Å². The molecule has 0 bridgehead atoms.